The van der Waals surface area contributed by atoms with Gasteiger partial charge in [-0.2, -0.15) is 0 Å². The second-order valence-corrected chi connectivity index (χ2v) is 4.09. The summed E-state index contributed by atoms with van der Waals surface area (Å²) in [6.07, 6.45) is 2.82. The second kappa shape index (κ2) is 3.66. The van der Waals surface area contributed by atoms with Gasteiger partial charge in [0.05, 0.1) is 6.04 Å². The van der Waals surface area contributed by atoms with Crippen molar-refractivity contribution in [1.29, 1.82) is 0 Å². The van der Waals surface area contributed by atoms with E-state index in [1.54, 1.807) is 0 Å². The van der Waals surface area contributed by atoms with Crippen molar-refractivity contribution < 1.29 is 4.79 Å². The third-order valence-electron chi connectivity index (χ3n) is 3.42. The molecule has 76 valence electrons. The van der Waals surface area contributed by atoms with Gasteiger partial charge in [-0.1, -0.05) is 13.8 Å². The number of nitrogens with zero attached hydrogens (tertiary/aromatic N) is 1. The van der Waals surface area contributed by atoms with Crippen LogP contribution in [0.25, 0.3) is 0 Å². The molecule has 1 amide bonds. The van der Waals surface area contributed by atoms with E-state index < -0.39 is 0 Å². The molecule has 0 aromatic rings. The van der Waals surface area contributed by atoms with Crippen LogP contribution in [0.15, 0.2) is 0 Å². The van der Waals surface area contributed by atoms with Gasteiger partial charge in [0.25, 0.3) is 0 Å². The van der Waals surface area contributed by atoms with E-state index in [9.17, 15) is 4.79 Å². The fourth-order valence-electron chi connectivity index (χ4n) is 1.87. The van der Waals surface area contributed by atoms with Crippen LogP contribution in [0.2, 0.25) is 0 Å². The molecule has 2 N–H and O–H groups in total. The molecule has 1 saturated heterocycles. The molecule has 0 radical (unpaired) electrons. The van der Waals surface area contributed by atoms with Gasteiger partial charge in [-0.3, -0.25) is 4.79 Å². The fourth-order valence-corrected chi connectivity index (χ4v) is 1.87. The van der Waals surface area contributed by atoms with E-state index in [1.165, 1.54) is 0 Å². The molecule has 0 saturated carbocycles. The summed E-state index contributed by atoms with van der Waals surface area (Å²) < 4.78 is 0. The predicted molar refractivity (Wildman–Crippen MR) is 53.3 cm³/mol. The first-order valence-corrected chi connectivity index (χ1v) is 5.12. The Balaban J connectivity index is 2.76. The molecule has 1 aliphatic rings. The van der Waals surface area contributed by atoms with Crippen molar-refractivity contribution >= 4 is 5.91 Å². The molecule has 0 aromatic carbocycles. The molecule has 13 heavy (non-hydrogen) atoms. The Morgan fingerprint density at radius 1 is 1.54 bits per heavy atom. The third kappa shape index (κ3) is 1.70. The number of hydrogen-bond donors (Lipinski definition) is 1. The van der Waals surface area contributed by atoms with Gasteiger partial charge in [-0.15, -0.1) is 0 Å². The van der Waals surface area contributed by atoms with Crippen molar-refractivity contribution in [2.45, 2.75) is 51.6 Å². The molecule has 3 nitrogen and oxygen atoms in total. The maximum absolute atomic E-state index is 11.7. The normalized spacial score (nSPS) is 24.2. The first-order valence-electron chi connectivity index (χ1n) is 5.12. The first-order chi connectivity index (χ1) is 6.05. The Hall–Kier alpha value is -0.570. The third-order valence-corrected chi connectivity index (χ3v) is 3.42. The van der Waals surface area contributed by atoms with Crippen molar-refractivity contribution in [2.75, 3.05) is 6.54 Å². The van der Waals surface area contributed by atoms with Crippen molar-refractivity contribution in [1.82, 2.24) is 4.90 Å². The highest BCUT2D eigenvalue weighted by atomic mass is 16.2. The van der Waals surface area contributed by atoms with Crippen LogP contribution in [0.5, 0.6) is 0 Å². The second-order valence-electron chi connectivity index (χ2n) is 4.09. The molecule has 1 unspecified atom stereocenters. The van der Waals surface area contributed by atoms with Crippen LogP contribution < -0.4 is 5.73 Å². The van der Waals surface area contributed by atoms with Crippen LogP contribution in [0.4, 0.5) is 0 Å². The van der Waals surface area contributed by atoms with E-state index in [0.717, 1.165) is 25.8 Å². The SMILES string of the molecule is CCC(C)(CC)N1CCC(N)C1=O. The molecule has 1 fully saturated rings. The summed E-state index contributed by atoms with van der Waals surface area (Å²) in [5, 5.41) is 0. The minimum atomic E-state index is -0.252. The summed E-state index contributed by atoms with van der Waals surface area (Å²) in [5.41, 5.74) is 5.70. The largest absolute Gasteiger partial charge is 0.336 e. The zero-order valence-electron chi connectivity index (χ0n) is 8.84. The van der Waals surface area contributed by atoms with Gasteiger partial charge >= 0.3 is 0 Å². The van der Waals surface area contributed by atoms with Crippen molar-refractivity contribution in [3.63, 3.8) is 0 Å². The van der Waals surface area contributed by atoms with Gasteiger partial charge in [0.15, 0.2) is 0 Å². The molecule has 1 heterocycles. The minimum absolute atomic E-state index is 0.0191. The Morgan fingerprint density at radius 2 is 2.08 bits per heavy atom. The molecule has 1 aliphatic heterocycles. The number of amides is 1. The Labute approximate surface area is 80.3 Å². The van der Waals surface area contributed by atoms with Gasteiger partial charge in [0, 0.05) is 12.1 Å². The first kappa shape index (κ1) is 10.5. The van der Waals surface area contributed by atoms with Crippen LogP contribution in [-0.4, -0.2) is 28.9 Å². The monoisotopic (exact) mass is 184 g/mol. The highest BCUT2D eigenvalue weighted by molar-refractivity contribution is 5.84. The zero-order chi connectivity index (χ0) is 10.1. The topological polar surface area (TPSA) is 46.3 Å². The Bertz CT molecular complexity index is 199. The number of rotatable bonds is 3. The molecule has 0 aromatic heterocycles. The van der Waals surface area contributed by atoms with Crippen LogP contribution in [-0.2, 0) is 4.79 Å². The Kier molecular flexibility index (Phi) is 2.96. The molecular formula is C10H20N2O. The van der Waals surface area contributed by atoms with E-state index in [-0.39, 0.29) is 17.5 Å². The number of hydrogen-bond acceptors (Lipinski definition) is 2. The lowest BCUT2D eigenvalue weighted by molar-refractivity contribution is -0.134. The van der Waals surface area contributed by atoms with E-state index in [4.69, 9.17) is 5.73 Å². The van der Waals surface area contributed by atoms with E-state index in [1.807, 2.05) is 4.90 Å². The Morgan fingerprint density at radius 3 is 2.38 bits per heavy atom. The zero-order valence-corrected chi connectivity index (χ0v) is 8.84. The molecule has 1 rings (SSSR count). The summed E-state index contributed by atoms with van der Waals surface area (Å²) >= 11 is 0. The lowest BCUT2D eigenvalue weighted by Gasteiger charge is -2.37. The maximum Gasteiger partial charge on any atom is 0.240 e. The molecule has 3 heteroatoms. The summed E-state index contributed by atoms with van der Waals surface area (Å²) in [5.74, 6) is 0.131. The standard InChI is InChI=1S/C10H20N2O/c1-4-10(3,5-2)12-7-6-8(11)9(12)13/h8H,4-7,11H2,1-3H3. The summed E-state index contributed by atoms with van der Waals surface area (Å²) in [6, 6.07) is -0.252. The van der Waals surface area contributed by atoms with Crippen molar-refractivity contribution in [2.24, 2.45) is 5.73 Å². The van der Waals surface area contributed by atoms with E-state index in [2.05, 4.69) is 20.8 Å². The maximum atomic E-state index is 11.7. The lowest BCUT2D eigenvalue weighted by Crippen LogP contribution is -2.48. The minimum Gasteiger partial charge on any atom is -0.336 e. The highest BCUT2D eigenvalue weighted by Crippen LogP contribution is 2.27. The van der Waals surface area contributed by atoms with E-state index in [0.29, 0.717) is 0 Å². The highest BCUT2D eigenvalue weighted by Gasteiger charge is 2.38. The van der Waals surface area contributed by atoms with Crippen LogP contribution in [0.3, 0.4) is 0 Å². The van der Waals surface area contributed by atoms with Crippen LogP contribution in [0, 0.1) is 0 Å². The average molecular weight is 184 g/mol. The summed E-state index contributed by atoms with van der Waals surface area (Å²) in [4.78, 5) is 13.6. The van der Waals surface area contributed by atoms with Gasteiger partial charge in [0.1, 0.15) is 0 Å². The fraction of sp³-hybridized carbons (Fsp3) is 0.900. The van der Waals surface area contributed by atoms with Gasteiger partial charge in [-0.25, -0.2) is 0 Å². The number of carbonyl (C=O) groups is 1. The van der Waals surface area contributed by atoms with Crippen molar-refractivity contribution in [3.8, 4) is 0 Å². The molecule has 0 aliphatic carbocycles. The molecule has 1 atom stereocenters. The smallest absolute Gasteiger partial charge is 0.240 e. The predicted octanol–water partition coefficient (Wildman–Crippen LogP) is 1.12. The lowest BCUT2D eigenvalue weighted by atomic mass is 9.93. The molecule has 0 bridgehead atoms. The number of nitrogens with two attached hydrogens (primary N) is 1. The molecular weight excluding hydrogens is 164 g/mol. The van der Waals surface area contributed by atoms with Crippen molar-refractivity contribution in [3.05, 3.63) is 0 Å². The summed E-state index contributed by atoms with van der Waals surface area (Å²) in [7, 11) is 0. The number of carbonyl (C=O) groups excluding carboxylic acids is 1. The van der Waals surface area contributed by atoms with Crippen LogP contribution in [0.1, 0.15) is 40.0 Å². The quantitative estimate of drug-likeness (QED) is 0.714. The van der Waals surface area contributed by atoms with Gasteiger partial charge in [0.2, 0.25) is 5.91 Å². The average Bonchev–Trinajstić information content (AvgIpc) is 2.47. The van der Waals surface area contributed by atoms with Crippen LogP contribution >= 0.6 is 0 Å². The van der Waals surface area contributed by atoms with E-state index >= 15 is 0 Å². The summed E-state index contributed by atoms with van der Waals surface area (Å²) in [6.45, 7) is 7.22. The van der Waals surface area contributed by atoms with Gasteiger partial charge in [-0.05, 0) is 26.2 Å². The molecule has 0 spiro atoms. The van der Waals surface area contributed by atoms with Gasteiger partial charge < -0.3 is 10.6 Å². The number of likely N-dealkylation sites (tertiary alicyclic amines) is 1.